The number of ether oxygens (including phenoxy) is 1. The number of hydrogen-bond donors (Lipinski definition) is 1. The zero-order chi connectivity index (χ0) is 18.7. The van der Waals surface area contributed by atoms with E-state index in [2.05, 4.69) is 10.2 Å². The molecule has 0 heterocycles. The second-order valence-electron chi connectivity index (χ2n) is 8.47. The van der Waals surface area contributed by atoms with Gasteiger partial charge in [-0.3, -0.25) is 10.1 Å². The van der Waals surface area contributed by atoms with Crippen molar-refractivity contribution < 1.29 is 14.3 Å². The van der Waals surface area contributed by atoms with E-state index in [1.165, 1.54) is 12.8 Å². The predicted molar refractivity (Wildman–Crippen MR) is 102 cm³/mol. The minimum atomic E-state index is -0.525. The highest BCUT2D eigenvalue weighted by molar-refractivity contribution is 5.85. The Balaban J connectivity index is 1.56. The molecule has 0 atom stereocenters. The fourth-order valence-electron chi connectivity index (χ4n) is 3.63. The minimum absolute atomic E-state index is 0.243. The molecule has 26 heavy (non-hydrogen) atoms. The van der Waals surface area contributed by atoms with Gasteiger partial charge in [0.1, 0.15) is 5.60 Å². The summed E-state index contributed by atoms with van der Waals surface area (Å²) < 4.78 is 5.25. The molecule has 5 nitrogen and oxygen atoms in total. The molecule has 1 aromatic rings. The van der Waals surface area contributed by atoms with Crippen LogP contribution in [0.3, 0.4) is 0 Å². The molecule has 2 aliphatic carbocycles. The van der Waals surface area contributed by atoms with Gasteiger partial charge < -0.3 is 9.64 Å². The number of carbonyl (C=O) groups excluding carboxylic acids is 2. The van der Waals surface area contributed by atoms with Gasteiger partial charge in [-0.1, -0.05) is 25.0 Å². The van der Waals surface area contributed by atoms with Gasteiger partial charge >= 0.3 is 6.09 Å². The summed E-state index contributed by atoms with van der Waals surface area (Å²) in [5.74, 6) is 0.243. The number of nitrogens with one attached hydrogen (secondary N) is 1. The largest absolute Gasteiger partial charge is 0.444 e. The van der Waals surface area contributed by atoms with Gasteiger partial charge in [0.05, 0.1) is 6.42 Å². The van der Waals surface area contributed by atoms with Crippen molar-refractivity contribution in [2.24, 2.45) is 0 Å². The van der Waals surface area contributed by atoms with Crippen LogP contribution in [0.15, 0.2) is 24.3 Å². The van der Waals surface area contributed by atoms with E-state index in [4.69, 9.17) is 4.74 Å². The Morgan fingerprint density at radius 2 is 1.62 bits per heavy atom. The van der Waals surface area contributed by atoms with Crippen molar-refractivity contribution in [2.45, 2.75) is 83.4 Å². The molecule has 2 fully saturated rings. The molecule has 0 aromatic heterocycles. The molecule has 0 spiro atoms. The lowest BCUT2D eigenvalue weighted by atomic mass is 10.1. The minimum Gasteiger partial charge on any atom is -0.444 e. The van der Waals surface area contributed by atoms with Crippen LogP contribution >= 0.6 is 0 Å². The standard InChI is InChI=1S/C21H30N2O3/c1-21(2,3)26-20(25)22-16-10-8-15(9-11-16)14-19(24)23(18-12-13-18)17-6-4-5-7-17/h8-11,17-18H,4-7,12-14H2,1-3H3,(H,22,25). The molecule has 2 saturated carbocycles. The average molecular weight is 358 g/mol. The lowest BCUT2D eigenvalue weighted by Gasteiger charge is -2.29. The van der Waals surface area contributed by atoms with Crippen LogP contribution in [0.4, 0.5) is 10.5 Å². The second kappa shape index (κ2) is 7.68. The molecule has 0 saturated heterocycles. The number of hydrogen-bond acceptors (Lipinski definition) is 3. The molecule has 0 aliphatic heterocycles. The number of carbonyl (C=O) groups is 2. The van der Waals surface area contributed by atoms with Crippen LogP contribution in [0.1, 0.15) is 64.9 Å². The van der Waals surface area contributed by atoms with Gasteiger partial charge in [0.25, 0.3) is 0 Å². The van der Waals surface area contributed by atoms with E-state index in [1.54, 1.807) is 0 Å². The Morgan fingerprint density at radius 1 is 1.04 bits per heavy atom. The predicted octanol–water partition coefficient (Wildman–Crippen LogP) is 4.51. The average Bonchev–Trinajstić information content (AvgIpc) is 3.21. The Bertz CT molecular complexity index is 638. The Kier molecular flexibility index (Phi) is 5.54. The number of amides is 2. The highest BCUT2D eigenvalue weighted by Gasteiger charge is 2.38. The third-order valence-corrected chi connectivity index (χ3v) is 4.90. The normalized spacial score (nSPS) is 17.8. The van der Waals surface area contributed by atoms with Gasteiger partial charge in [-0.05, 0) is 64.2 Å². The van der Waals surface area contributed by atoms with E-state index in [0.29, 0.717) is 24.2 Å². The fourth-order valence-corrected chi connectivity index (χ4v) is 3.63. The number of nitrogens with zero attached hydrogens (tertiary/aromatic N) is 1. The molecule has 2 aliphatic rings. The highest BCUT2D eigenvalue weighted by Crippen LogP contribution is 2.35. The topological polar surface area (TPSA) is 58.6 Å². The van der Waals surface area contributed by atoms with Crippen LogP contribution in [0.2, 0.25) is 0 Å². The Labute approximate surface area is 156 Å². The fraction of sp³-hybridized carbons (Fsp3) is 0.619. The van der Waals surface area contributed by atoms with Crippen molar-refractivity contribution in [1.29, 1.82) is 0 Å². The smallest absolute Gasteiger partial charge is 0.412 e. The van der Waals surface area contributed by atoms with Crippen LogP contribution in [-0.2, 0) is 16.0 Å². The van der Waals surface area contributed by atoms with E-state index in [0.717, 1.165) is 31.2 Å². The molecule has 0 radical (unpaired) electrons. The number of rotatable bonds is 5. The van der Waals surface area contributed by atoms with E-state index >= 15 is 0 Å². The van der Waals surface area contributed by atoms with Gasteiger partial charge in [0, 0.05) is 17.8 Å². The monoisotopic (exact) mass is 358 g/mol. The summed E-state index contributed by atoms with van der Waals surface area (Å²) in [5.41, 5.74) is 1.13. The molecule has 2 amide bonds. The van der Waals surface area contributed by atoms with Gasteiger partial charge in [0.15, 0.2) is 0 Å². The molecule has 1 N–H and O–H groups in total. The maximum atomic E-state index is 12.8. The van der Waals surface area contributed by atoms with Gasteiger partial charge in [-0.25, -0.2) is 4.79 Å². The quantitative estimate of drug-likeness (QED) is 0.842. The zero-order valence-corrected chi connectivity index (χ0v) is 16.1. The Hall–Kier alpha value is -2.04. The van der Waals surface area contributed by atoms with E-state index < -0.39 is 11.7 Å². The van der Waals surface area contributed by atoms with E-state index in [-0.39, 0.29) is 5.91 Å². The van der Waals surface area contributed by atoms with Crippen LogP contribution in [0.5, 0.6) is 0 Å². The number of anilines is 1. The first kappa shape index (κ1) is 18.7. The summed E-state index contributed by atoms with van der Waals surface area (Å²) in [4.78, 5) is 26.8. The summed E-state index contributed by atoms with van der Waals surface area (Å²) >= 11 is 0. The lowest BCUT2D eigenvalue weighted by Crippen LogP contribution is -2.41. The molecule has 3 rings (SSSR count). The van der Waals surface area contributed by atoms with Crippen molar-refractivity contribution in [3.05, 3.63) is 29.8 Å². The maximum absolute atomic E-state index is 12.8. The van der Waals surface area contributed by atoms with Gasteiger partial charge in [-0.2, -0.15) is 0 Å². The SMILES string of the molecule is CC(C)(C)OC(=O)Nc1ccc(CC(=O)N(C2CCCC2)C2CC2)cc1. The third kappa shape index (κ3) is 5.23. The first-order chi connectivity index (χ1) is 12.3. The van der Waals surface area contributed by atoms with Crippen LogP contribution in [-0.4, -0.2) is 34.6 Å². The van der Waals surface area contributed by atoms with Crippen molar-refractivity contribution >= 4 is 17.7 Å². The molecular weight excluding hydrogens is 328 g/mol. The first-order valence-corrected chi connectivity index (χ1v) is 9.72. The summed E-state index contributed by atoms with van der Waals surface area (Å²) in [5, 5.41) is 2.72. The van der Waals surface area contributed by atoms with Crippen LogP contribution in [0.25, 0.3) is 0 Å². The lowest BCUT2D eigenvalue weighted by molar-refractivity contribution is -0.133. The van der Waals surface area contributed by atoms with Crippen LogP contribution < -0.4 is 5.32 Å². The first-order valence-electron chi connectivity index (χ1n) is 9.72. The van der Waals surface area contributed by atoms with Crippen molar-refractivity contribution in [2.75, 3.05) is 5.32 Å². The van der Waals surface area contributed by atoms with Gasteiger partial charge in [-0.15, -0.1) is 0 Å². The van der Waals surface area contributed by atoms with Crippen molar-refractivity contribution in [3.8, 4) is 0 Å². The summed E-state index contributed by atoms with van der Waals surface area (Å²) in [6.45, 7) is 5.49. The number of benzene rings is 1. The second-order valence-corrected chi connectivity index (χ2v) is 8.47. The molecule has 0 unspecified atom stereocenters. The highest BCUT2D eigenvalue weighted by atomic mass is 16.6. The summed E-state index contributed by atoms with van der Waals surface area (Å²) in [6.07, 6.45) is 7.06. The summed E-state index contributed by atoms with van der Waals surface area (Å²) in [6, 6.07) is 8.38. The van der Waals surface area contributed by atoms with Crippen molar-refractivity contribution in [1.82, 2.24) is 4.90 Å². The van der Waals surface area contributed by atoms with E-state index in [9.17, 15) is 9.59 Å². The molecule has 142 valence electrons. The molecule has 0 bridgehead atoms. The third-order valence-electron chi connectivity index (χ3n) is 4.90. The molecule has 1 aromatic carbocycles. The zero-order valence-electron chi connectivity index (χ0n) is 16.1. The maximum Gasteiger partial charge on any atom is 0.412 e. The van der Waals surface area contributed by atoms with Crippen LogP contribution in [0, 0.1) is 0 Å². The summed E-state index contributed by atoms with van der Waals surface area (Å²) in [7, 11) is 0. The van der Waals surface area contributed by atoms with Crippen molar-refractivity contribution in [3.63, 3.8) is 0 Å². The molecule has 5 heteroatoms. The molecular formula is C21H30N2O3. The van der Waals surface area contributed by atoms with E-state index in [1.807, 2.05) is 45.0 Å². The van der Waals surface area contributed by atoms with Gasteiger partial charge in [0.2, 0.25) is 5.91 Å². The Morgan fingerprint density at radius 3 is 2.15 bits per heavy atom.